The van der Waals surface area contributed by atoms with E-state index >= 15 is 0 Å². The van der Waals surface area contributed by atoms with Crippen LogP contribution in [0.1, 0.15) is 0 Å². The summed E-state index contributed by atoms with van der Waals surface area (Å²) < 4.78 is 5.34. The smallest absolute Gasteiger partial charge is 0.149 e. The zero-order chi connectivity index (χ0) is 8.39. The third kappa shape index (κ3) is 1.08. The van der Waals surface area contributed by atoms with E-state index in [2.05, 4.69) is 11.4 Å². The average molecular weight is 160 g/mol. The standard InChI is InChI=1S/C9H8N2O/c10-5-7-6-12-9-4-2-1-3-8(9)11-7/h1-4,7,11H,6H2. The second kappa shape index (κ2) is 2.74. The van der Waals surface area contributed by atoms with Crippen molar-refractivity contribution >= 4 is 5.69 Å². The van der Waals surface area contributed by atoms with Crippen molar-refractivity contribution in [1.29, 1.82) is 5.26 Å². The summed E-state index contributed by atoms with van der Waals surface area (Å²) in [6.07, 6.45) is 0. The molecule has 0 saturated heterocycles. The number of benzene rings is 1. The first-order valence-electron chi connectivity index (χ1n) is 3.78. The fourth-order valence-corrected chi connectivity index (χ4v) is 1.18. The van der Waals surface area contributed by atoms with Crippen molar-refractivity contribution < 1.29 is 4.74 Å². The highest BCUT2D eigenvalue weighted by atomic mass is 16.5. The largest absolute Gasteiger partial charge is 0.488 e. The normalized spacial score (nSPS) is 19.8. The van der Waals surface area contributed by atoms with Crippen LogP contribution in [-0.2, 0) is 0 Å². The molecule has 0 aromatic heterocycles. The van der Waals surface area contributed by atoms with Gasteiger partial charge in [-0.2, -0.15) is 5.26 Å². The van der Waals surface area contributed by atoms with Gasteiger partial charge in [0, 0.05) is 0 Å². The van der Waals surface area contributed by atoms with Crippen molar-refractivity contribution in [1.82, 2.24) is 0 Å². The van der Waals surface area contributed by atoms with Gasteiger partial charge in [0.25, 0.3) is 0 Å². The first-order valence-corrected chi connectivity index (χ1v) is 3.78. The molecule has 12 heavy (non-hydrogen) atoms. The highest BCUT2D eigenvalue weighted by Crippen LogP contribution is 2.27. The second-order valence-corrected chi connectivity index (χ2v) is 2.63. The molecule has 1 heterocycles. The minimum atomic E-state index is -0.222. The summed E-state index contributed by atoms with van der Waals surface area (Å²) in [6.45, 7) is 0.424. The Kier molecular flexibility index (Phi) is 1.60. The molecule has 60 valence electrons. The molecule has 0 amide bonds. The van der Waals surface area contributed by atoms with Gasteiger partial charge in [0.1, 0.15) is 18.4 Å². The summed E-state index contributed by atoms with van der Waals surface area (Å²) in [5, 5.41) is 11.7. The van der Waals surface area contributed by atoms with Gasteiger partial charge in [0.2, 0.25) is 0 Å². The maximum absolute atomic E-state index is 8.62. The number of ether oxygens (including phenoxy) is 1. The fraction of sp³-hybridized carbons (Fsp3) is 0.222. The van der Waals surface area contributed by atoms with Gasteiger partial charge in [-0.25, -0.2) is 0 Å². The number of anilines is 1. The number of nitrogens with zero attached hydrogens (tertiary/aromatic N) is 1. The second-order valence-electron chi connectivity index (χ2n) is 2.63. The Morgan fingerprint density at radius 2 is 2.33 bits per heavy atom. The first-order chi connectivity index (χ1) is 5.90. The van der Waals surface area contributed by atoms with Crippen molar-refractivity contribution in [3.05, 3.63) is 24.3 Å². The zero-order valence-electron chi connectivity index (χ0n) is 6.45. The Morgan fingerprint density at radius 3 is 3.17 bits per heavy atom. The van der Waals surface area contributed by atoms with Crippen LogP contribution in [0.3, 0.4) is 0 Å². The van der Waals surface area contributed by atoms with Crippen molar-refractivity contribution in [2.45, 2.75) is 6.04 Å². The van der Waals surface area contributed by atoms with Gasteiger partial charge in [-0.15, -0.1) is 0 Å². The topological polar surface area (TPSA) is 45.0 Å². The molecule has 0 radical (unpaired) electrons. The van der Waals surface area contributed by atoms with E-state index in [1.807, 2.05) is 24.3 Å². The lowest BCUT2D eigenvalue weighted by molar-refractivity contribution is 0.304. The van der Waals surface area contributed by atoms with Crippen molar-refractivity contribution in [3.8, 4) is 11.8 Å². The van der Waals surface area contributed by atoms with Crippen LogP contribution in [0.5, 0.6) is 5.75 Å². The summed E-state index contributed by atoms with van der Waals surface area (Å²) in [7, 11) is 0. The van der Waals surface area contributed by atoms with Crippen LogP contribution in [0.15, 0.2) is 24.3 Å². The van der Waals surface area contributed by atoms with Crippen LogP contribution in [0.4, 0.5) is 5.69 Å². The lowest BCUT2D eigenvalue weighted by atomic mass is 10.2. The summed E-state index contributed by atoms with van der Waals surface area (Å²) >= 11 is 0. The Morgan fingerprint density at radius 1 is 1.50 bits per heavy atom. The maximum Gasteiger partial charge on any atom is 0.149 e. The minimum Gasteiger partial charge on any atom is -0.488 e. The van der Waals surface area contributed by atoms with Gasteiger partial charge in [-0.05, 0) is 12.1 Å². The van der Waals surface area contributed by atoms with E-state index in [1.54, 1.807) is 0 Å². The van der Waals surface area contributed by atoms with Crippen LogP contribution < -0.4 is 10.1 Å². The number of fused-ring (bicyclic) bond motifs is 1. The first kappa shape index (κ1) is 6.99. The monoisotopic (exact) mass is 160 g/mol. The Bertz CT molecular complexity index is 330. The quantitative estimate of drug-likeness (QED) is 0.623. The maximum atomic E-state index is 8.62. The fourth-order valence-electron chi connectivity index (χ4n) is 1.18. The molecular weight excluding hydrogens is 152 g/mol. The van der Waals surface area contributed by atoms with E-state index in [1.165, 1.54) is 0 Å². The van der Waals surface area contributed by atoms with Gasteiger partial charge in [-0.1, -0.05) is 12.1 Å². The number of hydrogen-bond acceptors (Lipinski definition) is 3. The molecule has 1 aromatic rings. The van der Waals surface area contributed by atoms with Gasteiger partial charge in [0.05, 0.1) is 11.8 Å². The zero-order valence-corrected chi connectivity index (χ0v) is 6.45. The predicted molar refractivity (Wildman–Crippen MR) is 45.0 cm³/mol. The third-order valence-corrected chi connectivity index (χ3v) is 1.78. The minimum absolute atomic E-state index is 0.222. The summed E-state index contributed by atoms with van der Waals surface area (Å²) in [4.78, 5) is 0. The molecule has 0 fully saturated rings. The highest BCUT2D eigenvalue weighted by Gasteiger charge is 2.16. The highest BCUT2D eigenvalue weighted by molar-refractivity contribution is 5.58. The SMILES string of the molecule is N#CC1COc2ccccc2N1. The van der Waals surface area contributed by atoms with Crippen LogP contribution in [0, 0.1) is 11.3 Å². The van der Waals surface area contributed by atoms with E-state index < -0.39 is 0 Å². The molecule has 1 aromatic carbocycles. The van der Waals surface area contributed by atoms with E-state index in [4.69, 9.17) is 10.00 Å². The van der Waals surface area contributed by atoms with Crippen LogP contribution in [-0.4, -0.2) is 12.6 Å². The lowest BCUT2D eigenvalue weighted by Crippen LogP contribution is -2.29. The molecule has 1 atom stereocenters. The molecule has 0 aliphatic carbocycles. The number of hydrogen-bond donors (Lipinski definition) is 1. The van der Waals surface area contributed by atoms with Gasteiger partial charge >= 0.3 is 0 Å². The van der Waals surface area contributed by atoms with E-state index in [0.29, 0.717) is 6.61 Å². The van der Waals surface area contributed by atoms with Gasteiger partial charge in [0.15, 0.2) is 0 Å². The molecule has 3 heteroatoms. The van der Waals surface area contributed by atoms with E-state index in [9.17, 15) is 0 Å². The third-order valence-electron chi connectivity index (χ3n) is 1.78. The number of nitrogens with one attached hydrogen (secondary N) is 1. The van der Waals surface area contributed by atoms with Crippen molar-refractivity contribution in [2.24, 2.45) is 0 Å². The Hall–Kier alpha value is -1.69. The molecule has 1 aliphatic heterocycles. The Labute approximate surface area is 70.6 Å². The van der Waals surface area contributed by atoms with Crippen molar-refractivity contribution in [2.75, 3.05) is 11.9 Å². The van der Waals surface area contributed by atoms with E-state index in [-0.39, 0.29) is 6.04 Å². The van der Waals surface area contributed by atoms with E-state index in [0.717, 1.165) is 11.4 Å². The van der Waals surface area contributed by atoms with Crippen LogP contribution >= 0.6 is 0 Å². The molecular formula is C9H8N2O. The average Bonchev–Trinajstić information content (AvgIpc) is 2.17. The van der Waals surface area contributed by atoms with Gasteiger partial charge < -0.3 is 10.1 Å². The van der Waals surface area contributed by atoms with Crippen molar-refractivity contribution in [3.63, 3.8) is 0 Å². The predicted octanol–water partition coefficient (Wildman–Crippen LogP) is 1.38. The molecule has 1 N–H and O–H groups in total. The van der Waals surface area contributed by atoms with Crippen LogP contribution in [0.2, 0.25) is 0 Å². The molecule has 0 bridgehead atoms. The Balaban J connectivity index is 2.30. The van der Waals surface area contributed by atoms with Crippen LogP contribution in [0.25, 0.3) is 0 Å². The van der Waals surface area contributed by atoms with Gasteiger partial charge in [-0.3, -0.25) is 0 Å². The molecule has 3 nitrogen and oxygen atoms in total. The number of rotatable bonds is 0. The molecule has 0 saturated carbocycles. The number of para-hydroxylation sites is 2. The molecule has 2 rings (SSSR count). The molecule has 1 unspecified atom stereocenters. The summed E-state index contributed by atoms with van der Waals surface area (Å²) in [5.41, 5.74) is 0.898. The summed E-state index contributed by atoms with van der Waals surface area (Å²) in [6, 6.07) is 9.49. The summed E-state index contributed by atoms with van der Waals surface area (Å²) in [5.74, 6) is 0.823. The lowest BCUT2D eigenvalue weighted by Gasteiger charge is -2.22. The molecule has 0 spiro atoms. The number of nitriles is 1. The molecule has 1 aliphatic rings.